The minimum atomic E-state index is -4.73. The number of rotatable bonds is 14. The van der Waals surface area contributed by atoms with Gasteiger partial charge < -0.3 is 20.8 Å². The van der Waals surface area contributed by atoms with Gasteiger partial charge >= 0.3 is 12.0 Å². The van der Waals surface area contributed by atoms with Crippen LogP contribution in [0.4, 0.5) is 4.79 Å². The van der Waals surface area contributed by atoms with Crippen LogP contribution in [0.3, 0.4) is 0 Å². The Bertz CT molecular complexity index is 889. The van der Waals surface area contributed by atoms with Crippen molar-refractivity contribution >= 4 is 67.3 Å². The van der Waals surface area contributed by atoms with E-state index in [9.17, 15) is 27.6 Å². The van der Waals surface area contributed by atoms with Crippen LogP contribution in [0.5, 0.6) is 0 Å². The lowest BCUT2D eigenvalue weighted by molar-refractivity contribution is -0.197. The minimum absolute atomic E-state index is 0.0557. The molecular weight excluding hydrogens is 528 g/mol. The number of thioether (sulfide) groups is 1. The summed E-state index contributed by atoms with van der Waals surface area (Å²) >= 11 is 1.92. The van der Waals surface area contributed by atoms with Crippen molar-refractivity contribution < 1.29 is 37.0 Å². The van der Waals surface area contributed by atoms with E-state index in [-0.39, 0.29) is 29.6 Å². The smallest absolute Gasteiger partial charge is 0.332 e. The van der Waals surface area contributed by atoms with E-state index in [1.807, 2.05) is 11.8 Å². The molecule has 3 saturated heterocycles. The molecule has 0 spiro atoms. The van der Waals surface area contributed by atoms with Gasteiger partial charge in [-0.25, -0.2) is 9.59 Å². The normalized spacial score (nSPS) is 26.5. The third kappa shape index (κ3) is 7.65. The SMILES string of the molecule is O=C1N[C@H]2CSC(CCCCNCCSSCCC(=O)ON3C(=O)CC(S(=O)(=O)O)C3=O)[C@H]2N1. The number of fused-ring (bicyclic) bond motifs is 1. The van der Waals surface area contributed by atoms with Crippen molar-refractivity contribution in [1.82, 2.24) is 21.0 Å². The van der Waals surface area contributed by atoms with E-state index in [2.05, 4.69) is 20.8 Å². The number of hydrogen-bond acceptors (Lipinski definition) is 11. The van der Waals surface area contributed by atoms with Gasteiger partial charge in [-0.05, 0) is 19.4 Å². The molecule has 4 N–H and O–H groups in total. The van der Waals surface area contributed by atoms with Crippen LogP contribution in [0.2, 0.25) is 0 Å². The van der Waals surface area contributed by atoms with Gasteiger partial charge in [0.2, 0.25) is 0 Å². The Morgan fingerprint density at radius 1 is 1.18 bits per heavy atom. The summed E-state index contributed by atoms with van der Waals surface area (Å²) in [5.41, 5.74) is 0. The van der Waals surface area contributed by atoms with Crippen molar-refractivity contribution in [2.24, 2.45) is 0 Å². The second-order valence-corrected chi connectivity index (χ2v) is 13.5. The molecule has 34 heavy (non-hydrogen) atoms. The summed E-state index contributed by atoms with van der Waals surface area (Å²) in [6.07, 6.45) is 2.43. The first-order valence-electron chi connectivity index (χ1n) is 10.8. The Morgan fingerprint density at radius 2 is 1.94 bits per heavy atom. The van der Waals surface area contributed by atoms with Crippen molar-refractivity contribution in [3.05, 3.63) is 0 Å². The number of carbonyl (C=O) groups is 4. The molecule has 0 aromatic carbocycles. The Hall–Kier alpha value is -1.20. The molecule has 3 aliphatic rings. The van der Waals surface area contributed by atoms with E-state index in [4.69, 9.17) is 4.55 Å². The molecule has 0 saturated carbocycles. The van der Waals surface area contributed by atoms with Gasteiger partial charge in [-0.3, -0.25) is 14.1 Å². The van der Waals surface area contributed by atoms with Crippen molar-refractivity contribution in [2.45, 2.75) is 54.7 Å². The first-order valence-corrected chi connectivity index (χ1v) is 15.9. The van der Waals surface area contributed by atoms with Gasteiger partial charge in [0.1, 0.15) is 0 Å². The van der Waals surface area contributed by atoms with Crippen LogP contribution in [0.15, 0.2) is 0 Å². The number of nitrogens with zero attached hydrogens (tertiary/aromatic N) is 1. The molecule has 0 bridgehead atoms. The lowest BCUT2D eigenvalue weighted by Crippen LogP contribution is -2.36. The number of amides is 4. The fraction of sp³-hybridized carbons (Fsp3) is 0.778. The second-order valence-electron chi connectivity index (χ2n) is 7.96. The number of hydroxylamine groups is 2. The third-order valence-electron chi connectivity index (χ3n) is 5.48. The molecular formula is C18H28N4O8S4. The van der Waals surface area contributed by atoms with Crippen LogP contribution >= 0.6 is 33.3 Å². The molecule has 3 fully saturated rings. The van der Waals surface area contributed by atoms with Crippen LogP contribution < -0.4 is 16.0 Å². The molecule has 4 amide bonds. The van der Waals surface area contributed by atoms with E-state index >= 15 is 0 Å². The Kier molecular flexibility index (Phi) is 10.2. The van der Waals surface area contributed by atoms with Crippen LogP contribution in [0.25, 0.3) is 0 Å². The number of hydrogen-bond donors (Lipinski definition) is 4. The highest BCUT2D eigenvalue weighted by molar-refractivity contribution is 8.76. The first-order chi connectivity index (χ1) is 16.2. The maximum atomic E-state index is 11.8. The second kappa shape index (κ2) is 12.7. The van der Waals surface area contributed by atoms with Gasteiger partial charge in [-0.15, -0.1) is 5.06 Å². The molecule has 3 rings (SSSR count). The minimum Gasteiger partial charge on any atom is -0.332 e. The molecule has 0 aromatic heterocycles. The first kappa shape index (κ1) is 27.4. The van der Waals surface area contributed by atoms with Crippen LogP contribution in [0, 0.1) is 0 Å². The van der Waals surface area contributed by atoms with Gasteiger partial charge in [0.25, 0.3) is 21.9 Å². The van der Waals surface area contributed by atoms with Crippen LogP contribution in [0.1, 0.15) is 32.1 Å². The average Bonchev–Trinajstić information content (AvgIpc) is 3.40. The third-order valence-corrected chi connectivity index (χ3v) is 10.5. The molecule has 12 nitrogen and oxygen atoms in total. The molecule has 0 radical (unpaired) electrons. The number of urea groups is 1. The van der Waals surface area contributed by atoms with Gasteiger partial charge in [0, 0.05) is 29.1 Å². The molecule has 0 aliphatic carbocycles. The van der Waals surface area contributed by atoms with E-state index in [0.717, 1.165) is 43.9 Å². The maximum absolute atomic E-state index is 11.8. The topological polar surface area (TPSA) is 171 Å². The molecule has 3 aliphatic heterocycles. The highest BCUT2D eigenvalue weighted by Gasteiger charge is 2.48. The molecule has 16 heteroatoms. The summed E-state index contributed by atoms with van der Waals surface area (Å²) in [6.45, 7) is 1.73. The summed E-state index contributed by atoms with van der Waals surface area (Å²) in [5.74, 6) is -0.872. The van der Waals surface area contributed by atoms with Gasteiger partial charge in [0.15, 0.2) is 5.25 Å². The zero-order valence-electron chi connectivity index (χ0n) is 18.3. The van der Waals surface area contributed by atoms with E-state index < -0.39 is 39.6 Å². The monoisotopic (exact) mass is 556 g/mol. The standard InChI is InChI=1S/C18H28N4O8S4/c23-14-9-13(34(27,28)29)17(25)22(14)30-15(24)4-7-32-33-8-6-19-5-2-1-3-12-16-11(10-31-12)20-18(26)21-16/h11-13,16,19H,1-10H2,(H2,20,21,26)(H,27,28,29)/t11-,12?,13?,16-/m0/s1. The lowest BCUT2D eigenvalue weighted by Gasteiger charge is -2.16. The van der Waals surface area contributed by atoms with Crippen LogP contribution in [-0.4, -0.2) is 94.8 Å². The van der Waals surface area contributed by atoms with Crippen LogP contribution in [-0.2, 0) is 29.3 Å². The molecule has 192 valence electrons. The zero-order chi connectivity index (χ0) is 24.7. The number of nitrogens with one attached hydrogen (secondary N) is 3. The number of imide groups is 1. The fourth-order valence-corrected chi connectivity index (χ4v) is 7.95. The largest absolute Gasteiger partial charge is 0.334 e. The van der Waals surface area contributed by atoms with Crippen molar-refractivity contribution in [1.29, 1.82) is 0 Å². The van der Waals surface area contributed by atoms with Crippen molar-refractivity contribution in [3.63, 3.8) is 0 Å². The highest BCUT2D eigenvalue weighted by atomic mass is 33.1. The summed E-state index contributed by atoms with van der Waals surface area (Å²) in [5, 5.41) is 8.00. The molecule has 2 unspecified atom stereocenters. The molecule has 4 atom stereocenters. The fourth-order valence-electron chi connectivity index (χ4n) is 3.78. The van der Waals surface area contributed by atoms with E-state index in [1.54, 1.807) is 10.8 Å². The lowest BCUT2D eigenvalue weighted by atomic mass is 10.0. The number of unbranched alkanes of at least 4 members (excludes halogenated alkanes) is 1. The average molecular weight is 557 g/mol. The Morgan fingerprint density at radius 3 is 2.68 bits per heavy atom. The Balaban J connectivity index is 1.15. The van der Waals surface area contributed by atoms with Crippen molar-refractivity contribution in [2.75, 3.05) is 30.3 Å². The zero-order valence-corrected chi connectivity index (χ0v) is 21.5. The predicted molar refractivity (Wildman–Crippen MR) is 130 cm³/mol. The maximum Gasteiger partial charge on any atom is 0.334 e. The highest BCUT2D eigenvalue weighted by Crippen LogP contribution is 2.33. The summed E-state index contributed by atoms with van der Waals surface area (Å²) < 4.78 is 31.1. The van der Waals surface area contributed by atoms with E-state index in [1.165, 1.54) is 10.8 Å². The number of carbonyl (C=O) groups excluding carboxylic acids is 4. The van der Waals surface area contributed by atoms with E-state index in [0.29, 0.717) is 11.0 Å². The predicted octanol–water partition coefficient (Wildman–Crippen LogP) is 0.157. The quantitative estimate of drug-likeness (QED) is 0.0752. The molecule has 3 heterocycles. The summed E-state index contributed by atoms with van der Waals surface area (Å²) in [6, 6.07) is 0.459. The van der Waals surface area contributed by atoms with Crippen molar-refractivity contribution in [3.8, 4) is 0 Å². The van der Waals surface area contributed by atoms with Gasteiger partial charge in [-0.1, -0.05) is 28.0 Å². The van der Waals surface area contributed by atoms with Gasteiger partial charge in [0.05, 0.1) is 24.9 Å². The summed E-state index contributed by atoms with van der Waals surface area (Å²) in [7, 11) is -1.71. The van der Waals surface area contributed by atoms with Gasteiger partial charge in [-0.2, -0.15) is 20.2 Å². The summed E-state index contributed by atoms with van der Waals surface area (Å²) in [4.78, 5) is 51.3. The molecule has 0 aromatic rings. The Labute approximate surface area is 209 Å².